The molecule has 0 saturated carbocycles. The van der Waals surface area contributed by atoms with Crippen LogP contribution in [0.2, 0.25) is 0 Å². The normalized spacial score (nSPS) is 17.6. The molecule has 2 aliphatic rings. The third kappa shape index (κ3) is 3.11. The van der Waals surface area contributed by atoms with Gasteiger partial charge in [0.1, 0.15) is 5.69 Å². The van der Waals surface area contributed by atoms with Gasteiger partial charge in [-0.1, -0.05) is 0 Å². The average molecular weight is 377 g/mol. The summed E-state index contributed by atoms with van der Waals surface area (Å²) in [5.41, 5.74) is 5.81. The summed E-state index contributed by atoms with van der Waals surface area (Å²) in [5, 5.41) is 11.7. The number of hydrogen-bond acceptors (Lipinski definition) is 4. The molecule has 4 heterocycles. The van der Waals surface area contributed by atoms with Crippen LogP contribution in [-0.2, 0) is 11.3 Å². The van der Waals surface area contributed by atoms with E-state index < -0.39 is 0 Å². The maximum absolute atomic E-state index is 12.6. The second kappa shape index (κ2) is 6.91. The van der Waals surface area contributed by atoms with E-state index in [1.165, 1.54) is 0 Å². The van der Waals surface area contributed by atoms with E-state index >= 15 is 0 Å². The van der Waals surface area contributed by atoms with Crippen LogP contribution in [0.1, 0.15) is 24.1 Å². The van der Waals surface area contributed by atoms with E-state index in [1.54, 1.807) is 6.20 Å². The molecule has 2 N–H and O–H groups in total. The number of aromatic nitrogens is 3. The van der Waals surface area contributed by atoms with Crippen molar-refractivity contribution >= 4 is 22.6 Å². The number of carbonyl (C=O) groups is 1. The zero-order valence-corrected chi connectivity index (χ0v) is 15.9. The van der Waals surface area contributed by atoms with E-state index in [4.69, 9.17) is 4.74 Å². The third-order valence-electron chi connectivity index (χ3n) is 5.67. The van der Waals surface area contributed by atoms with E-state index in [0.717, 1.165) is 71.7 Å². The number of aromatic amines is 1. The highest BCUT2D eigenvalue weighted by atomic mass is 16.5. The maximum Gasteiger partial charge on any atom is 0.322 e. The first kappa shape index (κ1) is 17.2. The minimum Gasteiger partial charge on any atom is -0.381 e. The molecule has 28 heavy (non-hydrogen) atoms. The summed E-state index contributed by atoms with van der Waals surface area (Å²) in [6.45, 7) is 4.95. The van der Waals surface area contributed by atoms with Crippen LogP contribution in [0.5, 0.6) is 0 Å². The number of hydrogen-bond donors (Lipinski definition) is 2. The van der Waals surface area contributed by atoms with Crippen LogP contribution in [0, 0.1) is 12.8 Å². The molecule has 1 saturated heterocycles. The largest absolute Gasteiger partial charge is 0.381 e. The molecule has 1 aromatic carbocycles. The number of benzene rings is 1. The van der Waals surface area contributed by atoms with Crippen molar-refractivity contribution in [3.63, 3.8) is 0 Å². The van der Waals surface area contributed by atoms with Crippen molar-refractivity contribution in [2.75, 3.05) is 25.1 Å². The van der Waals surface area contributed by atoms with Crippen LogP contribution >= 0.6 is 0 Å². The van der Waals surface area contributed by atoms with Crippen molar-refractivity contribution < 1.29 is 9.53 Å². The summed E-state index contributed by atoms with van der Waals surface area (Å²) in [6.07, 6.45) is 3.84. The number of pyridine rings is 1. The first-order valence-electron chi connectivity index (χ1n) is 9.75. The Hall–Kier alpha value is -2.93. The number of amides is 2. The predicted molar refractivity (Wildman–Crippen MR) is 107 cm³/mol. The van der Waals surface area contributed by atoms with Crippen LogP contribution in [0.15, 0.2) is 30.5 Å². The lowest BCUT2D eigenvalue weighted by Crippen LogP contribution is -2.42. The minimum atomic E-state index is -0.0251. The molecule has 5 rings (SSSR count). The van der Waals surface area contributed by atoms with Crippen molar-refractivity contribution in [2.45, 2.75) is 26.3 Å². The summed E-state index contributed by atoms with van der Waals surface area (Å²) in [7, 11) is 0. The number of nitrogens with one attached hydrogen (secondary N) is 2. The number of rotatable bonds is 3. The van der Waals surface area contributed by atoms with Gasteiger partial charge < -0.3 is 15.0 Å². The number of H-pyrrole nitrogens is 1. The number of urea groups is 1. The van der Waals surface area contributed by atoms with Gasteiger partial charge in [-0.05, 0) is 55.5 Å². The molecule has 0 bridgehead atoms. The van der Waals surface area contributed by atoms with Crippen molar-refractivity contribution in [3.05, 3.63) is 41.7 Å². The molecule has 7 nitrogen and oxygen atoms in total. The van der Waals surface area contributed by atoms with Gasteiger partial charge in [0.25, 0.3) is 0 Å². The highest BCUT2D eigenvalue weighted by Crippen LogP contribution is 2.33. The van der Waals surface area contributed by atoms with Gasteiger partial charge in [0.15, 0.2) is 0 Å². The molecule has 0 atom stereocenters. The quantitative estimate of drug-likeness (QED) is 0.729. The Kier molecular flexibility index (Phi) is 4.24. The van der Waals surface area contributed by atoms with E-state index in [2.05, 4.69) is 26.6 Å². The molecule has 1 fully saturated rings. The first-order chi connectivity index (χ1) is 13.7. The van der Waals surface area contributed by atoms with Gasteiger partial charge in [0, 0.05) is 54.8 Å². The van der Waals surface area contributed by atoms with Crippen LogP contribution in [0.3, 0.4) is 0 Å². The Morgan fingerprint density at radius 2 is 2.11 bits per heavy atom. The van der Waals surface area contributed by atoms with E-state index in [-0.39, 0.29) is 6.03 Å². The molecule has 0 radical (unpaired) electrons. The fraction of sp³-hybridized carbons (Fsp3) is 0.381. The summed E-state index contributed by atoms with van der Waals surface area (Å²) in [6, 6.07) is 8.12. The van der Waals surface area contributed by atoms with Gasteiger partial charge in [-0.25, -0.2) is 4.79 Å². The molecule has 7 heteroatoms. The van der Waals surface area contributed by atoms with Gasteiger partial charge in [0.2, 0.25) is 0 Å². The van der Waals surface area contributed by atoms with Crippen LogP contribution in [0.4, 0.5) is 10.5 Å². The van der Waals surface area contributed by atoms with Crippen LogP contribution < -0.4 is 5.32 Å². The van der Waals surface area contributed by atoms with E-state index in [9.17, 15) is 4.79 Å². The van der Waals surface area contributed by atoms with Crippen molar-refractivity contribution in [3.8, 4) is 11.3 Å². The number of anilines is 1. The molecule has 2 aliphatic heterocycles. The second-order valence-electron chi connectivity index (χ2n) is 7.68. The van der Waals surface area contributed by atoms with Crippen molar-refractivity contribution in [2.24, 2.45) is 5.92 Å². The Balaban J connectivity index is 1.47. The van der Waals surface area contributed by atoms with Crippen LogP contribution in [0.25, 0.3) is 22.2 Å². The molecule has 0 spiro atoms. The third-order valence-corrected chi connectivity index (χ3v) is 5.67. The number of nitrogens with zero attached hydrogens (tertiary/aromatic N) is 3. The molecule has 3 aromatic rings. The SMILES string of the molecule is Cc1cc(-c2n[nH]c3cc4c(cc23)CN(CC2CCOCC2)C(=O)N4)ccn1. The standard InChI is InChI=1S/C21H23N5O2/c1-13-8-15(2-5-22-13)20-17-9-16-12-26(11-14-3-6-28-7-4-14)21(27)23-18(16)10-19(17)24-25-20/h2,5,8-10,14H,3-4,6-7,11-12H2,1H3,(H,23,27)(H,24,25). The Labute approximate surface area is 163 Å². The fourth-order valence-corrected chi connectivity index (χ4v) is 4.13. The highest BCUT2D eigenvalue weighted by molar-refractivity contribution is 6.00. The molecule has 2 amide bonds. The number of carbonyl (C=O) groups excluding carboxylic acids is 1. The van der Waals surface area contributed by atoms with Gasteiger partial charge in [0.05, 0.1) is 5.52 Å². The lowest BCUT2D eigenvalue weighted by molar-refractivity contribution is 0.0562. The Morgan fingerprint density at radius 3 is 2.93 bits per heavy atom. The molecule has 144 valence electrons. The Bertz CT molecular complexity index is 1040. The summed E-state index contributed by atoms with van der Waals surface area (Å²) < 4.78 is 5.44. The zero-order valence-electron chi connectivity index (χ0n) is 15.9. The van der Waals surface area contributed by atoms with Gasteiger partial charge in [-0.2, -0.15) is 5.10 Å². The molecular formula is C21H23N5O2. The van der Waals surface area contributed by atoms with Gasteiger partial charge in [-0.3, -0.25) is 10.1 Å². The monoisotopic (exact) mass is 377 g/mol. The second-order valence-corrected chi connectivity index (χ2v) is 7.68. The first-order valence-corrected chi connectivity index (χ1v) is 9.75. The summed E-state index contributed by atoms with van der Waals surface area (Å²) in [5.74, 6) is 0.508. The zero-order chi connectivity index (χ0) is 19.1. The lowest BCUT2D eigenvalue weighted by Gasteiger charge is -2.33. The molecule has 0 unspecified atom stereocenters. The molecular weight excluding hydrogens is 354 g/mol. The van der Waals surface area contributed by atoms with Crippen molar-refractivity contribution in [1.82, 2.24) is 20.1 Å². The fourth-order valence-electron chi connectivity index (χ4n) is 4.13. The van der Waals surface area contributed by atoms with Gasteiger partial charge in [-0.15, -0.1) is 0 Å². The van der Waals surface area contributed by atoms with E-state index in [1.807, 2.05) is 30.0 Å². The van der Waals surface area contributed by atoms with Crippen LogP contribution in [-0.4, -0.2) is 45.9 Å². The average Bonchev–Trinajstić information content (AvgIpc) is 3.10. The summed E-state index contributed by atoms with van der Waals surface area (Å²) in [4.78, 5) is 18.8. The minimum absolute atomic E-state index is 0.0251. The maximum atomic E-state index is 12.6. The summed E-state index contributed by atoms with van der Waals surface area (Å²) >= 11 is 0. The molecule has 0 aliphatic carbocycles. The topological polar surface area (TPSA) is 83.1 Å². The molecule has 2 aromatic heterocycles. The van der Waals surface area contributed by atoms with Crippen molar-refractivity contribution in [1.29, 1.82) is 0 Å². The highest BCUT2D eigenvalue weighted by Gasteiger charge is 2.27. The van der Waals surface area contributed by atoms with Gasteiger partial charge >= 0.3 is 6.03 Å². The Morgan fingerprint density at radius 1 is 1.25 bits per heavy atom. The smallest absolute Gasteiger partial charge is 0.322 e. The number of aryl methyl sites for hydroxylation is 1. The predicted octanol–water partition coefficient (Wildman–Crippen LogP) is 3.71. The number of fused-ring (bicyclic) bond motifs is 2. The lowest BCUT2D eigenvalue weighted by atomic mass is 9.98. The van der Waals surface area contributed by atoms with E-state index in [0.29, 0.717) is 12.5 Å². The number of ether oxygens (including phenoxy) is 1.